The van der Waals surface area contributed by atoms with Gasteiger partial charge in [-0.3, -0.25) is 9.69 Å². The second kappa shape index (κ2) is 6.17. The van der Waals surface area contributed by atoms with Crippen LogP contribution in [-0.2, 0) is 6.54 Å². The monoisotopic (exact) mass is 321 g/mol. The molecule has 0 fully saturated rings. The van der Waals surface area contributed by atoms with E-state index in [4.69, 9.17) is 4.42 Å². The van der Waals surface area contributed by atoms with Crippen LogP contribution in [0.25, 0.3) is 0 Å². The van der Waals surface area contributed by atoms with Gasteiger partial charge < -0.3 is 4.42 Å². The quantitative estimate of drug-likeness (QED) is 0.788. The van der Waals surface area contributed by atoms with Crippen molar-refractivity contribution in [1.29, 1.82) is 0 Å². The van der Waals surface area contributed by atoms with Crippen molar-refractivity contribution in [2.75, 3.05) is 13.6 Å². The van der Waals surface area contributed by atoms with E-state index >= 15 is 0 Å². The number of rotatable bonds is 5. The summed E-state index contributed by atoms with van der Waals surface area (Å²) in [6.45, 7) is 2.92. The van der Waals surface area contributed by atoms with Crippen molar-refractivity contribution >= 4 is 21.7 Å². The Labute approximate surface area is 121 Å². The maximum atomic E-state index is 12.1. The van der Waals surface area contributed by atoms with Crippen molar-refractivity contribution in [3.63, 3.8) is 0 Å². The second-order valence-electron chi connectivity index (χ2n) is 4.62. The van der Waals surface area contributed by atoms with E-state index in [2.05, 4.69) is 15.9 Å². The number of hydrogen-bond donors (Lipinski definition) is 0. The predicted octanol–water partition coefficient (Wildman–Crippen LogP) is 3.67. The minimum absolute atomic E-state index is 0.104. The van der Waals surface area contributed by atoms with Gasteiger partial charge in [-0.15, -0.1) is 0 Å². The topological polar surface area (TPSA) is 33.5 Å². The van der Waals surface area contributed by atoms with Crippen molar-refractivity contribution in [3.05, 3.63) is 58.0 Å². The molecular formula is C15H16BrNO2. The van der Waals surface area contributed by atoms with Crippen LogP contribution in [0.3, 0.4) is 0 Å². The third-order valence-electron chi connectivity index (χ3n) is 2.78. The number of carbonyl (C=O) groups excluding carboxylic acids is 1. The van der Waals surface area contributed by atoms with Crippen LogP contribution in [-0.4, -0.2) is 24.3 Å². The van der Waals surface area contributed by atoms with Gasteiger partial charge in [0.1, 0.15) is 11.5 Å². The Hall–Kier alpha value is -1.39. The molecule has 0 radical (unpaired) electrons. The first-order valence-electron chi connectivity index (χ1n) is 6.07. The molecule has 100 valence electrons. The van der Waals surface area contributed by atoms with Gasteiger partial charge in [-0.1, -0.05) is 28.1 Å². The van der Waals surface area contributed by atoms with Crippen LogP contribution in [0.4, 0.5) is 0 Å². The summed E-state index contributed by atoms with van der Waals surface area (Å²) in [5.74, 6) is 1.87. The molecule has 0 saturated carbocycles. The summed E-state index contributed by atoms with van der Waals surface area (Å²) in [7, 11) is 1.91. The number of halogens is 1. The molecule has 4 heteroatoms. The Morgan fingerprint density at radius 3 is 2.74 bits per heavy atom. The number of hydrogen-bond acceptors (Lipinski definition) is 3. The fourth-order valence-electron chi connectivity index (χ4n) is 1.89. The number of ketones is 1. The zero-order valence-electron chi connectivity index (χ0n) is 11.0. The number of carbonyl (C=O) groups is 1. The Morgan fingerprint density at radius 1 is 1.32 bits per heavy atom. The highest BCUT2D eigenvalue weighted by molar-refractivity contribution is 9.10. The SMILES string of the molecule is Cc1ccc(CN(C)CC(=O)c2cccc(Br)c2)o1. The molecule has 2 rings (SSSR count). The third-order valence-corrected chi connectivity index (χ3v) is 3.28. The molecule has 0 amide bonds. The number of benzene rings is 1. The number of likely N-dealkylation sites (N-methyl/N-ethyl adjacent to an activating group) is 1. The second-order valence-corrected chi connectivity index (χ2v) is 5.53. The standard InChI is InChI=1S/C15H16BrNO2/c1-11-6-7-14(19-11)9-17(2)10-15(18)12-4-3-5-13(16)8-12/h3-8H,9-10H2,1-2H3. The van der Waals surface area contributed by atoms with Crippen LogP contribution in [0.2, 0.25) is 0 Å². The number of Topliss-reactive ketones (excluding diaryl/α,β-unsaturated/α-hetero) is 1. The lowest BCUT2D eigenvalue weighted by molar-refractivity contribution is 0.0939. The maximum Gasteiger partial charge on any atom is 0.176 e. The molecule has 3 nitrogen and oxygen atoms in total. The van der Waals surface area contributed by atoms with Crippen LogP contribution >= 0.6 is 15.9 Å². The van der Waals surface area contributed by atoms with Crippen molar-refractivity contribution < 1.29 is 9.21 Å². The van der Waals surface area contributed by atoms with E-state index in [-0.39, 0.29) is 5.78 Å². The Balaban J connectivity index is 1.95. The molecule has 2 aromatic rings. The first-order chi connectivity index (χ1) is 9.04. The summed E-state index contributed by atoms with van der Waals surface area (Å²) in [4.78, 5) is 14.1. The Bertz CT molecular complexity index is 577. The molecule has 1 aromatic heterocycles. The molecule has 0 spiro atoms. The Kier molecular flexibility index (Phi) is 4.56. The third kappa shape index (κ3) is 4.04. The summed E-state index contributed by atoms with van der Waals surface area (Å²) in [5, 5.41) is 0. The van der Waals surface area contributed by atoms with Gasteiger partial charge in [-0.25, -0.2) is 0 Å². The van der Waals surface area contributed by atoms with E-state index in [1.807, 2.05) is 55.3 Å². The van der Waals surface area contributed by atoms with Gasteiger partial charge in [-0.2, -0.15) is 0 Å². The van der Waals surface area contributed by atoms with Gasteiger partial charge >= 0.3 is 0 Å². The fraction of sp³-hybridized carbons (Fsp3) is 0.267. The normalized spacial score (nSPS) is 10.9. The highest BCUT2D eigenvalue weighted by Gasteiger charge is 2.11. The molecular weight excluding hydrogens is 306 g/mol. The first kappa shape index (κ1) is 14.0. The number of aryl methyl sites for hydroxylation is 1. The highest BCUT2D eigenvalue weighted by Crippen LogP contribution is 2.13. The molecule has 0 aliphatic heterocycles. The van der Waals surface area contributed by atoms with E-state index in [0.29, 0.717) is 13.1 Å². The molecule has 1 aromatic carbocycles. The average Bonchev–Trinajstić information content (AvgIpc) is 2.74. The van der Waals surface area contributed by atoms with Gasteiger partial charge in [0.25, 0.3) is 0 Å². The lowest BCUT2D eigenvalue weighted by Gasteiger charge is -2.14. The molecule has 19 heavy (non-hydrogen) atoms. The smallest absolute Gasteiger partial charge is 0.176 e. The molecule has 0 aliphatic rings. The van der Waals surface area contributed by atoms with Crippen molar-refractivity contribution in [3.8, 4) is 0 Å². The van der Waals surface area contributed by atoms with E-state index in [0.717, 1.165) is 21.6 Å². The molecule has 0 N–H and O–H groups in total. The van der Waals surface area contributed by atoms with Gasteiger partial charge in [-0.05, 0) is 38.2 Å². The van der Waals surface area contributed by atoms with Crippen LogP contribution < -0.4 is 0 Å². The molecule has 0 atom stereocenters. The van der Waals surface area contributed by atoms with Gasteiger partial charge in [0.15, 0.2) is 5.78 Å². The Morgan fingerprint density at radius 2 is 2.11 bits per heavy atom. The molecule has 0 aliphatic carbocycles. The van der Waals surface area contributed by atoms with Crippen LogP contribution in [0.1, 0.15) is 21.9 Å². The highest BCUT2D eigenvalue weighted by atomic mass is 79.9. The molecule has 1 heterocycles. The zero-order valence-corrected chi connectivity index (χ0v) is 12.6. The summed E-state index contributed by atoms with van der Waals surface area (Å²) >= 11 is 3.37. The molecule has 0 saturated heterocycles. The summed E-state index contributed by atoms with van der Waals surface area (Å²) in [5.41, 5.74) is 0.719. The number of nitrogens with zero attached hydrogens (tertiary/aromatic N) is 1. The fourth-order valence-corrected chi connectivity index (χ4v) is 2.29. The van der Waals surface area contributed by atoms with Crippen LogP contribution in [0.15, 0.2) is 45.3 Å². The number of furan rings is 1. The lowest BCUT2D eigenvalue weighted by atomic mass is 10.1. The van der Waals surface area contributed by atoms with E-state index in [1.54, 1.807) is 0 Å². The van der Waals surface area contributed by atoms with Gasteiger partial charge in [0.2, 0.25) is 0 Å². The molecule has 0 unspecified atom stereocenters. The average molecular weight is 322 g/mol. The maximum absolute atomic E-state index is 12.1. The van der Waals surface area contributed by atoms with E-state index in [9.17, 15) is 4.79 Å². The van der Waals surface area contributed by atoms with E-state index in [1.165, 1.54) is 0 Å². The van der Waals surface area contributed by atoms with Gasteiger partial charge in [0, 0.05) is 10.0 Å². The molecule has 0 bridgehead atoms. The zero-order chi connectivity index (χ0) is 13.8. The van der Waals surface area contributed by atoms with Gasteiger partial charge in [0.05, 0.1) is 13.1 Å². The van der Waals surface area contributed by atoms with E-state index < -0.39 is 0 Å². The lowest BCUT2D eigenvalue weighted by Crippen LogP contribution is -2.25. The van der Waals surface area contributed by atoms with Crippen molar-refractivity contribution in [2.24, 2.45) is 0 Å². The summed E-state index contributed by atoms with van der Waals surface area (Å²) in [6.07, 6.45) is 0. The first-order valence-corrected chi connectivity index (χ1v) is 6.86. The minimum atomic E-state index is 0.104. The predicted molar refractivity (Wildman–Crippen MR) is 78.3 cm³/mol. The van der Waals surface area contributed by atoms with Crippen LogP contribution in [0.5, 0.6) is 0 Å². The van der Waals surface area contributed by atoms with Crippen molar-refractivity contribution in [1.82, 2.24) is 4.90 Å². The van der Waals surface area contributed by atoms with Crippen molar-refractivity contribution in [2.45, 2.75) is 13.5 Å². The van der Waals surface area contributed by atoms with Crippen LogP contribution in [0, 0.1) is 6.92 Å². The summed E-state index contributed by atoms with van der Waals surface area (Å²) in [6, 6.07) is 11.3. The minimum Gasteiger partial charge on any atom is -0.465 e. The largest absolute Gasteiger partial charge is 0.465 e. The summed E-state index contributed by atoms with van der Waals surface area (Å²) < 4.78 is 6.42.